The lowest BCUT2D eigenvalue weighted by Crippen LogP contribution is -2.34. The third kappa shape index (κ3) is 2.74. The summed E-state index contributed by atoms with van der Waals surface area (Å²) < 4.78 is 0. The van der Waals surface area contributed by atoms with Gasteiger partial charge in [-0.2, -0.15) is 0 Å². The van der Waals surface area contributed by atoms with Crippen LogP contribution < -0.4 is 4.90 Å². The van der Waals surface area contributed by atoms with Crippen molar-refractivity contribution in [3.8, 4) is 0 Å². The van der Waals surface area contributed by atoms with E-state index in [-0.39, 0.29) is 0 Å². The molecule has 0 saturated carbocycles. The molecule has 2 nitrogen and oxygen atoms in total. The van der Waals surface area contributed by atoms with Gasteiger partial charge >= 0.3 is 0 Å². The van der Waals surface area contributed by atoms with Crippen LogP contribution in [0.5, 0.6) is 0 Å². The Hall–Kier alpha value is -1.54. The summed E-state index contributed by atoms with van der Waals surface area (Å²) in [4.78, 5) is 6.81. The van der Waals surface area contributed by atoms with Crippen LogP contribution in [0.2, 0.25) is 5.02 Å². The highest BCUT2D eigenvalue weighted by Crippen LogP contribution is 2.30. The van der Waals surface area contributed by atoms with Crippen molar-refractivity contribution < 1.29 is 0 Å². The van der Waals surface area contributed by atoms with E-state index in [1.807, 2.05) is 12.1 Å². The Morgan fingerprint density at radius 3 is 3.00 bits per heavy atom. The zero-order chi connectivity index (χ0) is 13.2. The molecule has 19 heavy (non-hydrogen) atoms. The van der Waals surface area contributed by atoms with E-state index in [9.17, 15) is 0 Å². The monoisotopic (exact) mass is 272 g/mol. The van der Waals surface area contributed by atoms with Crippen LogP contribution in [0.25, 0.3) is 0 Å². The van der Waals surface area contributed by atoms with Crippen LogP contribution in [0.15, 0.2) is 42.6 Å². The van der Waals surface area contributed by atoms with Crippen molar-refractivity contribution in [2.24, 2.45) is 5.92 Å². The maximum Gasteiger partial charge on any atom is 0.0611 e. The minimum absolute atomic E-state index is 0.675. The van der Waals surface area contributed by atoms with Crippen molar-refractivity contribution in [3.63, 3.8) is 0 Å². The number of hydrogen-bond acceptors (Lipinski definition) is 2. The minimum Gasteiger partial charge on any atom is -0.365 e. The van der Waals surface area contributed by atoms with E-state index in [1.165, 1.54) is 11.3 Å². The topological polar surface area (TPSA) is 16.1 Å². The maximum absolute atomic E-state index is 6.03. The van der Waals surface area contributed by atoms with E-state index >= 15 is 0 Å². The number of pyridine rings is 1. The van der Waals surface area contributed by atoms with Crippen molar-refractivity contribution in [1.29, 1.82) is 0 Å². The third-order valence-electron chi connectivity index (χ3n) is 3.56. The largest absolute Gasteiger partial charge is 0.365 e. The molecule has 1 aromatic carbocycles. The summed E-state index contributed by atoms with van der Waals surface area (Å²) >= 11 is 6.03. The number of aromatic nitrogens is 1. The summed E-state index contributed by atoms with van der Waals surface area (Å²) in [6.07, 6.45) is 2.94. The first-order valence-corrected chi connectivity index (χ1v) is 7.03. The minimum atomic E-state index is 0.675. The van der Waals surface area contributed by atoms with Crippen LogP contribution in [0.3, 0.4) is 0 Å². The second kappa shape index (κ2) is 5.22. The first kappa shape index (κ1) is 12.5. The molecule has 0 aliphatic carbocycles. The van der Waals surface area contributed by atoms with Gasteiger partial charge in [-0.05, 0) is 36.1 Å². The molecule has 98 valence electrons. The molecule has 0 N–H and O–H groups in total. The van der Waals surface area contributed by atoms with Gasteiger partial charge in [0, 0.05) is 23.5 Å². The van der Waals surface area contributed by atoms with Gasteiger partial charge in [0.25, 0.3) is 0 Å². The smallest absolute Gasteiger partial charge is 0.0611 e. The van der Waals surface area contributed by atoms with Gasteiger partial charge in [-0.1, -0.05) is 36.7 Å². The Bertz CT molecular complexity index is 582. The molecule has 0 fully saturated rings. The second-order valence-corrected chi connectivity index (χ2v) is 5.72. The average molecular weight is 273 g/mol. The predicted molar refractivity (Wildman–Crippen MR) is 79.6 cm³/mol. The van der Waals surface area contributed by atoms with Crippen LogP contribution in [-0.4, -0.2) is 11.5 Å². The lowest BCUT2D eigenvalue weighted by atomic mass is 9.94. The van der Waals surface area contributed by atoms with Crippen molar-refractivity contribution in [1.82, 2.24) is 4.98 Å². The molecule has 0 amide bonds. The van der Waals surface area contributed by atoms with E-state index in [2.05, 4.69) is 41.1 Å². The van der Waals surface area contributed by atoms with Crippen molar-refractivity contribution >= 4 is 17.3 Å². The molecule has 0 spiro atoms. The summed E-state index contributed by atoms with van der Waals surface area (Å²) in [5.41, 5.74) is 3.79. The fraction of sp³-hybridized carbons (Fsp3) is 0.312. The van der Waals surface area contributed by atoms with Crippen molar-refractivity contribution in [2.75, 3.05) is 11.4 Å². The van der Waals surface area contributed by atoms with Crippen LogP contribution in [0.1, 0.15) is 18.2 Å². The fourth-order valence-electron chi connectivity index (χ4n) is 2.79. The summed E-state index contributed by atoms with van der Waals surface area (Å²) in [5.74, 6) is 0.675. The lowest BCUT2D eigenvalue weighted by molar-refractivity contribution is 0.528. The number of anilines is 1. The molecule has 0 saturated heterocycles. The van der Waals surface area contributed by atoms with Gasteiger partial charge in [0.15, 0.2) is 0 Å². The number of benzene rings is 1. The van der Waals surface area contributed by atoms with Crippen LogP contribution >= 0.6 is 11.6 Å². The van der Waals surface area contributed by atoms with Gasteiger partial charge in [0.1, 0.15) is 0 Å². The third-order valence-corrected chi connectivity index (χ3v) is 3.80. The molecule has 1 aromatic heterocycles. The zero-order valence-electron chi connectivity index (χ0n) is 11.0. The number of halogens is 1. The summed E-state index contributed by atoms with van der Waals surface area (Å²) in [6, 6.07) is 12.4. The molecular formula is C16H17ClN2. The molecule has 3 rings (SSSR count). The van der Waals surface area contributed by atoms with Crippen LogP contribution in [-0.2, 0) is 13.0 Å². The molecule has 3 heteroatoms. The highest BCUT2D eigenvalue weighted by molar-refractivity contribution is 6.30. The Labute approximate surface area is 119 Å². The van der Waals surface area contributed by atoms with E-state index < -0.39 is 0 Å². The van der Waals surface area contributed by atoms with E-state index in [4.69, 9.17) is 11.6 Å². The number of para-hydroxylation sites is 1. The Morgan fingerprint density at radius 2 is 2.16 bits per heavy atom. The summed E-state index contributed by atoms with van der Waals surface area (Å²) in [6.45, 7) is 4.20. The number of nitrogens with zero attached hydrogens (tertiary/aromatic N) is 2. The van der Waals surface area contributed by atoms with Gasteiger partial charge in [-0.3, -0.25) is 4.98 Å². The lowest BCUT2D eigenvalue weighted by Gasteiger charge is -2.34. The van der Waals surface area contributed by atoms with Crippen molar-refractivity contribution in [2.45, 2.75) is 19.9 Å². The Kier molecular flexibility index (Phi) is 3.43. The van der Waals surface area contributed by atoms with E-state index in [0.717, 1.165) is 30.2 Å². The molecule has 0 bridgehead atoms. The Balaban J connectivity index is 1.89. The SMILES string of the molecule is CC1Cc2ccccc2N(Cc2cc(Cl)ccn2)C1. The highest BCUT2D eigenvalue weighted by atomic mass is 35.5. The zero-order valence-corrected chi connectivity index (χ0v) is 11.8. The number of rotatable bonds is 2. The van der Waals surface area contributed by atoms with Gasteiger partial charge < -0.3 is 4.90 Å². The van der Waals surface area contributed by atoms with E-state index in [1.54, 1.807) is 6.20 Å². The molecule has 1 aliphatic heterocycles. The molecule has 2 heterocycles. The second-order valence-electron chi connectivity index (χ2n) is 5.28. The quantitative estimate of drug-likeness (QED) is 0.823. The van der Waals surface area contributed by atoms with Gasteiger partial charge in [-0.15, -0.1) is 0 Å². The molecule has 1 atom stereocenters. The van der Waals surface area contributed by atoms with E-state index in [0.29, 0.717) is 5.92 Å². The average Bonchev–Trinajstić information content (AvgIpc) is 2.38. The fourth-order valence-corrected chi connectivity index (χ4v) is 2.97. The normalized spacial score (nSPS) is 18.2. The standard InChI is InChI=1S/C16H17ClN2/c1-12-8-13-4-2-3-5-16(13)19(10-12)11-15-9-14(17)6-7-18-15/h2-7,9,12H,8,10-11H2,1H3. The summed E-state index contributed by atoms with van der Waals surface area (Å²) in [7, 11) is 0. The molecule has 2 aromatic rings. The maximum atomic E-state index is 6.03. The number of fused-ring (bicyclic) bond motifs is 1. The number of hydrogen-bond donors (Lipinski definition) is 0. The molecular weight excluding hydrogens is 256 g/mol. The molecule has 1 aliphatic rings. The van der Waals surface area contributed by atoms with Gasteiger partial charge in [0.2, 0.25) is 0 Å². The first-order valence-electron chi connectivity index (χ1n) is 6.65. The van der Waals surface area contributed by atoms with Crippen LogP contribution in [0.4, 0.5) is 5.69 Å². The van der Waals surface area contributed by atoms with Crippen molar-refractivity contribution in [3.05, 3.63) is 58.9 Å². The molecule has 0 radical (unpaired) electrons. The Morgan fingerprint density at radius 1 is 1.32 bits per heavy atom. The highest BCUT2D eigenvalue weighted by Gasteiger charge is 2.21. The van der Waals surface area contributed by atoms with Gasteiger partial charge in [-0.25, -0.2) is 0 Å². The summed E-state index contributed by atoms with van der Waals surface area (Å²) in [5, 5.41) is 0.753. The predicted octanol–water partition coefficient (Wildman–Crippen LogP) is 3.93. The van der Waals surface area contributed by atoms with Gasteiger partial charge in [0.05, 0.1) is 12.2 Å². The molecule has 1 unspecified atom stereocenters. The van der Waals surface area contributed by atoms with Crippen LogP contribution in [0, 0.1) is 5.92 Å². The first-order chi connectivity index (χ1) is 9.22.